The summed E-state index contributed by atoms with van der Waals surface area (Å²) in [5.41, 5.74) is 4.93. The number of H-pyrrole nitrogens is 1. The lowest BCUT2D eigenvalue weighted by Gasteiger charge is -2.40. The molecule has 2 aliphatic heterocycles. The van der Waals surface area contributed by atoms with E-state index in [9.17, 15) is 4.79 Å². The highest BCUT2D eigenvalue weighted by Gasteiger charge is 2.43. The number of hydrogen-bond acceptors (Lipinski definition) is 4. The highest BCUT2D eigenvalue weighted by Crippen LogP contribution is 2.47. The Morgan fingerprint density at radius 3 is 2.59 bits per heavy atom. The van der Waals surface area contributed by atoms with E-state index in [-0.39, 0.29) is 29.6 Å². The summed E-state index contributed by atoms with van der Waals surface area (Å²) < 4.78 is 6.17. The van der Waals surface area contributed by atoms with Gasteiger partial charge in [-0.25, -0.2) is 4.98 Å². The number of fused-ring (bicyclic) bond motifs is 2. The molecule has 1 aliphatic carbocycles. The number of anilines is 1. The third-order valence-electron chi connectivity index (χ3n) is 7.88. The Kier molecular flexibility index (Phi) is 5.69. The van der Waals surface area contributed by atoms with Crippen molar-refractivity contribution in [1.82, 2.24) is 9.97 Å². The van der Waals surface area contributed by atoms with Crippen molar-refractivity contribution in [3.05, 3.63) is 65.3 Å². The third kappa shape index (κ3) is 4.10. The average molecular weight is 457 g/mol. The van der Waals surface area contributed by atoms with Gasteiger partial charge in [0.05, 0.1) is 12.2 Å². The normalized spacial score (nSPS) is 29.4. The zero-order chi connectivity index (χ0) is 24.0. The number of aromatic nitrogens is 2. The number of nitrogens with zero attached hydrogens (tertiary/aromatic N) is 2. The first-order chi connectivity index (χ1) is 16.3. The van der Waals surface area contributed by atoms with Gasteiger partial charge < -0.3 is 15.0 Å². The smallest absolute Gasteiger partial charge is 0.291 e. The highest BCUT2D eigenvalue weighted by molar-refractivity contribution is 6.03. The molecular formula is C28H32N4O2. The second-order valence-corrected chi connectivity index (χ2v) is 10.8. The van der Waals surface area contributed by atoms with E-state index in [0.29, 0.717) is 23.2 Å². The van der Waals surface area contributed by atoms with E-state index in [1.165, 1.54) is 17.3 Å². The van der Waals surface area contributed by atoms with Crippen LogP contribution >= 0.6 is 0 Å². The van der Waals surface area contributed by atoms with Crippen LogP contribution in [0.4, 0.5) is 5.69 Å². The van der Waals surface area contributed by atoms with E-state index in [4.69, 9.17) is 10.00 Å². The molecule has 1 fully saturated rings. The van der Waals surface area contributed by atoms with Gasteiger partial charge in [0.25, 0.3) is 5.91 Å². The van der Waals surface area contributed by atoms with Crippen molar-refractivity contribution >= 4 is 17.2 Å². The summed E-state index contributed by atoms with van der Waals surface area (Å²) in [6, 6.07) is 8.42. The van der Waals surface area contributed by atoms with Gasteiger partial charge in [-0.1, -0.05) is 52.0 Å². The lowest BCUT2D eigenvalue weighted by molar-refractivity contribution is -0.0573. The fourth-order valence-corrected chi connectivity index (χ4v) is 5.73. The monoisotopic (exact) mass is 456 g/mol. The summed E-state index contributed by atoms with van der Waals surface area (Å²) in [5.74, 6) is 0.934. The maximum absolute atomic E-state index is 12.9. The number of carbonyl (C=O) groups excluding carboxylic acids is 1. The molecule has 0 unspecified atom stereocenters. The largest absolute Gasteiger partial charge is 0.366 e. The van der Waals surface area contributed by atoms with Crippen LogP contribution < -0.4 is 5.32 Å². The van der Waals surface area contributed by atoms with E-state index in [1.807, 2.05) is 12.1 Å². The molecule has 2 bridgehead atoms. The third-order valence-corrected chi connectivity index (χ3v) is 7.88. The number of ether oxygens (including phenoxy) is 1. The minimum atomic E-state index is -0.345. The number of aromatic amines is 1. The molecule has 1 aromatic heterocycles. The highest BCUT2D eigenvalue weighted by atomic mass is 16.5. The van der Waals surface area contributed by atoms with Crippen LogP contribution in [0, 0.1) is 28.6 Å². The summed E-state index contributed by atoms with van der Waals surface area (Å²) in [7, 11) is 0. The van der Waals surface area contributed by atoms with Gasteiger partial charge in [0.1, 0.15) is 6.07 Å². The number of nitriles is 1. The molecule has 1 aromatic carbocycles. The summed E-state index contributed by atoms with van der Waals surface area (Å²) >= 11 is 0. The van der Waals surface area contributed by atoms with Gasteiger partial charge in [-0.3, -0.25) is 4.79 Å². The summed E-state index contributed by atoms with van der Waals surface area (Å²) in [5, 5.41) is 12.1. The molecule has 0 spiro atoms. The second kappa shape index (κ2) is 8.56. The standard InChI is InChI=1S/C28H32N4O2/c1-16-23-7-8-24(34-23)17(2)25(16)19-5-6-22(32-27(33)26-30-15-20(14-29)31-26)21(13-19)18-9-11-28(3,4)12-10-18/h5-9,13,15-17,23-25H,10-12H2,1-4H3,(H,30,31)(H,32,33)/t16-,17+,23+,24-,25-. The van der Waals surface area contributed by atoms with E-state index in [2.05, 4.69) is 73.3 Å². The van der Waals surface area contributed by atoms with Crippen molar-refractivity contribution in [1.29, 1.82) is 5.26 Å². The molecule has 2 aromatic rings. The molecule has 34 heavy (non-hydrogen) atoms. The van der Waals surface area contributed by atoms with Crippen molar-refractivity contribution in [2.75, 3.05) is 5.32 Å². The Hall–Kier alpha value is -3.17. The molecular weight excluding hydrogens is 424 g/mol. The van der Waals surface area contributed by atoms with Crippen LogP contribution in [0.1, 0.15) is 80.3 Å². The number of imidazole rings is 1. The van der Waals surface area contributed by atoms with Crippen molar-refractivity contribution in [3.8, 4) is 6.07 Å². The molecule has 2 N–H and O–H groups in total. The fraction of sp³-hybridized carbons (Fsp3) is 0.464. The SMILES string of the molecule is C[C@@H]1[C@H](c2ccc(NC(=O)c3nc(C#N)c[nH]3)c(C3=CCC(C)(C)CC3)c2)[C@H](C)[C@@H]2C=C[C@H]1O2. The van der Waals surface area contributed by atoms with E-state index in [1.54, 1.807) is 0 Å². The molecule has 6 heteroatoms. The first kappa shape index (κ1) is 22.6. The number of allylic oxidation sites excluding steroid dienone is 2. The van der Waals surface area contributed by atoms with Gasteiger partial charge in [0.2, 0.25) is 0 Å². The van der Waals surface area contributed by atoms with Gasteiger partial charge in [-0.15, -0.1) is 0 Å². The lowest BCUT2D eigenvalue weighted by atomic mass is 9.72. The Bertz CT molecular complexity index is 1200. The van der Waals surface area contributed by atoms with Crippen LogP contribution in [0.3, 0.4) is 0 Å². The predicted molar refractivity (Wildman–Crippen MR) is 132 cm³/mol. The van der Waals surface area contributed by atoms with Crippen LogP contribution in [-0.4, -0.2) is 28.1 Å². The fourth-order valence-electron chi connectivity index (χ4n) is 5.73. The van der Waals surface area contributed by atoms with E-state index < -0.39 is 0 Å². The predicted octanol–water partition coefficient (Wildman–Crippen LogP) is 5.82. The van der Waals surface area contributed by atoms with Crippen LogP contribution in [0.15, 0.2) is 42.6 Å². The maximum Gasteiger partial charge on any atom is 0.291 e. The number of benzene rings is 1. The zero-order valence-electron chi connectivity index (χ0n) is 20.3. The quantitative estimate of drug-likeness (QED) is 0.567. The topological polar surface area (TPSA) is 90.8 Å². The van der Waals surface area contributed by atoms with Gasteiger partial charge >= 0.3 is 0 Å². The molecule has 6 nitrogen and oxygen atoms in total. The van der Waals surface area contributed by atoms with Crippen molar-refractivity contribution in [3.63, 3.8) is 0 Å². The molecule has 0 saturated carbocycles. The number of amides is 1. The van der Waals surface area contributed by atoms with Gasteiger partial charge in [0.15, 0.2) is 11.5 Å². The second-order valence-electron chi connectivity index (χ2n) is 10.8. The molecule has 176 valence electrons. The average Bonchev–Trinajstić information content (AvgIpc) is 3.48. The first-order valence-electron chi connectivity index (χ1n) is 12.2. The molecule has 1 amide bonds. The Morgan fingerprint density at radius 1 is 1.24 bits per heavy atom. The van der Waals surface area contributed by atoms with Gasteiger partial charge in [-0.2, -0.15) is 5.26 Å². The lowest BCUT2D eigenvalue weighted by Crippen LogP contribution is -2.39. The number of nitrogens with one attached hydrogen (secondary N) is 2. The van der Waals surface area contributed by atoms with Crippen LogP contribution in [0.5, 0.6) is 0 Å². The Labute approximate surface area is 201 Å². The summed E-state index contributed by atoms with van der Waals surface area (Å²) in [6.45, 7) is 9.16. The molecule has 3 heterocycles. The molecule has 1 saturated heterocycles. The Balaban J connectivity index is 1.51. The summed E-state index contributed by atoms with van der Waals surface area (Å²) in [4.78, 5) is 19.8. The van der Waals surface area contributed by atoms with Gasteiger partial charge in [-0.05, 0) is 65.7 Å². The molecule has 5 rings (SSSR count). The number of rotatable bonds is 4. The number of hydrogen-bond donors (Lipinski definition) is 2. The van der Waals surface area contributed by atoms with E-state index in [0.717, 1.165) is 30.5 Å². The summed E-state index contributed by atoms with van der Waals surface area (Å²) in [6.07, 6.45) is 11.6. The number of carbonyl (C=O) groups is 1. The molecule has 5 atom stereocenters. The molecule has 0 radical (unpaired) electrons. The minimum absolute atomic E-state index is 0.139. The maximum atomic E-state index is 12.9. The Morgan fingerprint density at radius 2 is 1.97 bits per heavy atom. The minimum Gasteiger partial charge on any atom is -0.366 e. The zero-order valence-corrected chi connectivity index (χ0v) is 20.3. The molecule has 3 aliphatic rings. The van der Waals surface area contributed by atoms with Crippen molar-refractivity contribution in [2.45, 2.75) is 65.1 Å². The van der Waals surface area contributed by atoms with Crippen LogP contribution in [0.25, 0.3) is 5.57 Å². The van der Waals surface area contributed by atoms with Crippen LogP contribution in [0.2, 0.25) is 0 Å². The van der Waals surface area contributed by atoms with Crippen molar-refractivity contribution in [2.24, 2.45) is 17.3 Å². The van der Waals surface area contributed by atoms with Crippen LogP contribution in [-0.2, 0) is 4.74 Å². The van der Waals surface area contributed by atoms with Gasteiger partial charge in [0, 0.05) is 17.4 Å². The van der Waals surface area contributed by atoms with E-state index >= 15 is 0 Å². The van der Waals surface area contributed by atoms with Crippen molar-refractivity contribution < 1.29 is 9.53 Å². The first-order valence-corrected chi connectivity index (χ1v) is 12.2.